The molecule has 25 heavy (non-hydrogen) atoms. The number of Topliss-reactive ketones (excluding diaryl/α,β-unsaturated/α-hetero) is 1. The average Bonchev–Trinajstić information content (AvgIpc) is 3.02. The second-order valence-corrected chi connectivity index (χ2v) is 5.24. The molecule has 0 aliphatic heterocycles. The fourth-order valence-electron chi connectivity index (χ4n) is 2.44. The third kappa shape index (κ3) is 3.14. The topological polar surface area (TPSA) is 99.8 Å². The summed E-state index contributed by atoms with van der Waals surface area (Å²) in [6.07, 6.45) is 2.78. The normalized spacial score (nSPS) is 11.3. The molecule has 0 radical (unpaired) electrons. The Kier molecular flexibility index (Phi) is 4.10. The first-order valence-corrected chi connectivity index (χ1v) is 7.17. The van der Waals surface area contributed by atoms with Gasteiger partial charge in [0.2, 0.25) is 5.78 Å². The number of aromatic nitrogens is 1. The second-order valence-electron chi connectivity index (χ2n) is 5.24. The molecule has 1 aromatic heterocycles. The number of halogens is 1. The highest BCUT2D eigenvalue weighted by Gasteiger charge is 2.17. The Bertz CT molecular complexity index is 1060. The van der Waals surface area contributed by atoms with E-state index in [-0.39, 0.29) is 16.8 Å². The van der Waals surface area contributed by atoms with Crippen LogP contribution < -0.4 is 0 Å². The average molecular weight is 335 g/mol. The number of carbonyl (C=O) groups excluding carboxylic acids is 1. The first-order chi connectivity index (χ1) is 12.0. The number of aromatic amines is 1. The van der Waals surface area contributed by atoms with E-state index in [2.05, 4.69) is 4.98 Å². The largest absolute Gasteiger partial charge is 0.360 e. The molecule has 6 nitrogen and oxygen atoms in total. The molecule has 0 saturated heterocycles. The van der Waals surface area contributed by atoms with Crippen molar-refractivity contribution in [1.82, 2.24) is 4.98 Å². The molecule has 0 saturated carbocycles. The Hall–Kier alpha value is -3.79. The van der Waals surface area contributed by atoms with Crippen LogP contribution in [0.25, 0.3) is 17.0 Å². The van der Waals surface area contributed by atoms with Crippen LogP contribution in [0.1, 0.15) is 15.9 Å². The van der Waals surface area contributed by atoms with Crippen molar-refractivity contribution >= 4 is 28.4 Å². The summed E-state index contributed by atoms with van der Waals surface area (Å²) in [5.74, 6) is -0.950. The van der Waals surface area contributed by atoms with Gasteiger partial charge >= 0.3 is 0 Å². The Morgan fingerprint density at radius 3 is 2.60 bits per heavy atom. The molecule has 3 rings (SSSR count). The Balaban J connectivity index is 1.98. The molecule has 0 unspecified atom stereocenters. The van der Waals surface area contributed by atoms with Gasteiger partial charge in [-0.05, 0) is 42.0 Å². The highest BCUT2D eigenvalue weighted by atomic mass is 19.1. The van der Waals surface area contributed by atoms with Gasteiger partial charge in [0, 0.05) is 34.8 Å². The summed E-state index contributed by atoms with van der Waals surface area (Å²) in [4.78, 5) is 25.5. The number of allylic oxidation sites excluding steroid dienone is 1. The van der Waals surface area contributed by atoms with Gasteiger partial charge in [-0.15, -0.1) is 0 Å². The maximum atomic E-state index is 13.2. The molecule has 122 valence electrons. The number of hydrogen-bond acceptors (Lipinski definition) is 4. The fraction of sp³-hybridized carbons (Fsp3) is 0. The van der Waals surface area contributed by atoms with E-state index in [9.17, 15) is 24.6 Å². The molecule has 0 spiro atoms. The summed E-state index contributed by atoms with van der Waals surface area (Å²) in [5.41, 5.74) is 0.988. The SMILES string of the molecule is N#C/C(=C\c1ccc([N+](=O)[O-])cc1)C(=O)c1c[nH]c2cc(F)ccc12. The number of rotatable bonds is 4. The monoisotopic (exact) mass is 335 g/mol. The molecule has 0 atom stereocenters. The highest BCUT2D eigenvalue weighted by Crippen LogP contribution is 2.23. The molecule has 7 heteroatoms. The van der Waals surface area contributed by atoms with E-state index in [4.69, 9.17) is 0 Å². The van der Waals surface area contributed by atoms with Gasteiger partial charge in [0.05, 0.1) is 4.92 Å². The third-order valence-corrected chi connectivity index (χ3v) is 3.67. The van der Waals surface area contributed by atoms with Gasteiger partial charge in [0.25, 0.3) is 5.69 Å². The lowest BCUT2D eigenvalue weighted by atomic mass is 10.0. The summed E-state index contributed by atoms with van der Waals surface area (Å²) in [6, 6.07) is 11.3. The van der Waals surface area contributed by atoms with E-state index in [1.165, 1.54) is 54.7 Å². The van der Waals surface area contributed by atoms with Gasteiger partial charge < -0.3 is 4.98 Å². The lowest BCUT2D eigenvalue weighted by Crippen LogP contribution is -2.01. The third-order valence-electron chi connectivity index (χ3n) is 3.67. The van der Waals surface area contributed by atoms with Crippen molar-refractivity contribution < 1.29 is 14.1 Å². The molecular formula is C18H10FN3O3. The van der Waals surface area contributed by atoms with Crippen LogP contribution in [0.3, 0.4) is 0 Å². The minimum absolute atomic E-state index is 0.0827. The van der Waals surface area contributed by atoms with Crippen molar-refractivity contribution in [2.75, 3.05) is 0 Å². The maximum absolute atomic E-state index is 13.2. The van der Waals surface area contributed by atoms with E-state index >= 15 is 0 Å². The number of nitrogens with zero attached hydrogens (tertiary/aromatic N) is 2. The minimum Gasteiger partial charge on any atom is -0.360 e. The Morgan fingerprint density at radius 2 is 1.96 bits per heavy atom. The first kappa shape index (κ1) is 16.1. The number of nitro benzene ring substituents is 1. The van der Waals surface area contributed by atoms with Crippen molar-refractivity contribution in [2.45, 2.75) is 0 Å². The van der Waals surface area contributed by atoms with Gasteiger partial charge in [0.1, 0.15) is 17.5 Å². The molecule has 1 heterocycles. The number of nitriles is 1. The van der Waals surface area contributed by atoms with Gasteiger partial charge in [0.15, 0.2) is 0 Å². The van der Waals surface area contributed by atoms with Crippen molar-refractivity contribution in [3.8, 4) is 6.07 Å². The van der Waals surface area contributed by atoms with Crippen LogP contribution in [-0.4, -0.2) is 15.7 Å². The van der Waals surface area contributed by atoms with Crippen molar-refractivity contribution in [3.05, 3.63) is 81.3 Å². The summed E-state index contributed by atoms with van der Waals surface area (Å²) in [7, 11) is 0. The fourth-order valence-corrected chi connectivity index (χ4v) is 2.44. The standard InChI is InChI=1S/C18H10FN3O3/c19-13-3-6-15-16(10-21-17(15)8-13)18(23)12(9-20)7-11-1-4-14(5-2-11)22(24)25/h1-8,10,21H/b12-7+. The molecular weight excluding hydrogens is 325 g/mol. The van der Waals surface area contributed by atoms with Crippen LogP contribution in [0, 0.1) is 27.3 Å². The van der Waals surface area contributed by atoms with Crippen molar-refractivity contribution in [2.24, 2.45) is 0 Å². The van der Waals surface area contributed by atoms with Crippen LogP contribution in [0.5, 0.6) is 0 Å². The molecule has 0 aliphatic rings. The zero-order valence-corrected chi connectivity index (χ0v) is 12.7. The van der Waals surface area contributed by atoms with E-state index < -0.39 is 16.5 Å². The molecule has 0 bridgehead atoms. The smallest absolute Gasteiger partial charge is 0.269 e. The predicted molar refractivity (Wildman–Crippen MR) is 89.3 cm³/mol. The summed E-state index contributed by atoms with van der Waals surface area (Å²) in [6.45, 7) is 0. The van der Waals surface area contributed by atoms with Gasteiger partial charge in [-0.2, -0.15) is 5.26 Å². The number of H-pyrrole nitrogens is 1. The summed E-state index contributed by atoms with van der Waals surface area (Å²) < 4.78 is 13.2. The molecule has 1 N–H and O–H groups in total. The quantitative estimate of drug-likeness (QED) is 0.256. The van der Waals surface area contributed by atoms with Gasteiger partial charge in [-0.3, -0.25) is 14.9 Å². The van der Waals surface area contributed by atoms with Crippen molar-refractivity contribution in [3.63, 3.8) is 0 Å². The molecule has 0 aliphatic carbocycles. The second kappa shape index (κ2) is 6.37. The molecule has 3 aromatic rings. The van der Waals surface area contributed by atoms with E-state index in [1.54, 1.807) is 0 Å². The van der Waals surface area contributed by atoms with E-state index in [0.29, 0.717) is 16.5 Å². The first-order valence-electron chi connectivity index (χ1n) is 7.17. The number of hydrogen-bond donors (Lipinski definition) is 1. The van der Waals surface area contributed by atoms with Gasteiger partial charge in [-0.25, -0.2) is 4.39 Å². The number of nitrogens with one attached hydrogen (secondary N) is 1. The Labute approximate surface area is 141 Å². The van der Waals surface area contributed by atoms with E-state index in [0.717, 1.165) is 0 Å². The zero-order valence-electron chi connectivity index (χ0n) is 12.7. The predicted octanol–water partition coefficient (Wildman–Crippen LogP) is 4.01. The van der Waals surface area contributed by atoms with E-state index in [1.807, 2.05) is 6.07 Å². The highest BCUT2D eigenvalue weighted by molar-refractivity contribution is 6.19. The van der Waals surface area contributed by atoms with Crippen molar-refractivity contribution in [1.29, 1.82) is 5.26 Å². The maximum Gasteiger partial charge on any atom is 0.269 e. The molecule has 0 amide bonds. The zero-order chi connectivity index (χ0) is 18.0. The number of ketones is 1. The van der Waals surface area contributed by atoms with Crippen LogP contribution in [0.2, 0.25) is 0 Å². The number of carbonyl (C=O) groups is 1. The van der Waals surface area contributed by atoms with Crippen LogP contribution >= 0.6 is 0 Å². The molecule has 0 fully saturated rings. The summed E-state index contributed by atoms with van der Waals surface area (Å²) >= 11 is 0. The number of non-ortho nitro benzene ring substituents is 1. The molecule has 2 aromatic carbocycles. The lowest BCUT2D eigenvalue weighted by molar-refractivity contribution is -0.384. The van der Waals surface area contributed by atoms with Crippen LogP contribution in [0.4, 0.5) is 10.1 Å². The number of fused-ring (bicyclic) bond motifs is 1. The summed E-state index contributed by atoms with van der Waals surface area (Å²) in [5, 5.41) is 20.5. The van der Waals surface area contributed by atoms with Crippen LogP contribution in [0.15, 0.2) is 54.2 Å². The number of nitro groups is 1. The van der Waals surface area contributed by atoms with Crippen LogP contribution in [-0.2, 0) is 0 Å². The number of benzene rings is 2. The Morgan fingerprint density at radius 1 is 1.24 bits per heavy atom. The lowest BCUT2D eigenvalue weighted by Gasteiger charge is -1.99. The van der Waals surface area contributed by atoms with Gasteiger partial charge in [-0.1, -0.05) is 0 Å². The minimum atomic E-state index is -0.533.